The molecule has 0 aliphatic heterocycles. The molecule has 3 heteroatoms. The van der Waals surface area contributed by atoms with Crippen LogP contribution in [0, 0.1) is 5.92 Å². The van der Waals surface area contributed by atoms with E-state index in [0.29, 0.717) is 4.75 Å². The van der Waals surface area contributed by atoms with Crippen LogP contribution in [0.15, 0.2) is 33.6 Å². The smallest absolute Gasteiger partial charge is 0.0358 e. The van der Waals surface area contributed by atoms with Gasteiger partial charge in [0.2, 0.25) is 0 Å². The lowest BCUT2D eigenvalue weighted by Gasteiger charge is -2.14. The fourth-order valence-corrected chi connectivity index (χ4v) is 3.57. The summed E-state index contributed by atoms with van der Waals surface area (Å²) in [6.45, 7) is 3.05. The molecule has 1 aromatic carbocycles. The lowest BCUT2D eigenvalue weighted by atomic mass is 10.3. The second-order valence-electron chi connectivity index (χ2n) is 3.91. The van der Waals surface area contributed by atoms with E-state index in [9.17, 15) is 0 Å². The molecule has 14 heavy (non-hydrogen) atoms. The zero-order chi connectivity index (χ0) is 10.2. The number of benzene rings is 1. The minimum absolute atomic E-state index is 0.309. The second kappa shape index (κ2) is 3.87. The van der Waals surface area contributed by atoms with E-state index >= 15 is 0 Å². The van der Waals surface area contributed by atoms with E-state index in [2.05, 4.69) is 41.1 Å². The highest BCUT2D eigenvalue weighted by Crippen LogP contribution is 2.56. The number of hydrogen-bond donors (Lipinski definition) is 1. The molecule has 0 spiro atoms. The van der Waals surface area contributed by atoms with Crippen molar-refractivity contribution in [2.45, 2.75) is 23.0 Å². The first-order valence-electron chi connectivity index (χ1n) is 4.81. The first-order chi connectivity index (χ1) is 6.68. The summed E-state index contributed by atoms with van der Waals surface area (Å²) < 4.78 is 1.49. The average Bonchev–Trinajstić information content (AvgIpc) is 2.82. The van der Waals surface area contributed by atoms with Crippen LogP contribution in [0.5, 0.6) is 0 Å². The molecule has 1 nitrogen and oxygen atoms in total. The molecule has 0 saturated heterocycles. The molecule has 0 amide bonds. The highest BCUT2D eigenvalue weighted by molar-refractivity contribution is 9.10. The van der Waals surface area contributed by atoms with E-state index in [1.807, 2.05) is 17.8 Å². The fourth-order valence-electron chi connectivity index (χ4n) is 1.67. The predicted octanol–water partition coefficient (Wildman–Crippen LogP) is 3.28. The van der Waals surface area contributed by atoms with Crippen molar-refractivity contribution in [3.8, 4) is 0 Å². The van der Waals surface area contributed by atoms with Gasteiger partial charge in [-0.2, -0.15) is 0 Å². The van der Waals surface area contributed by atoms with Gasteiger partial charge < -0.3 is 5.73 Å². The number of thioether (sulfide) groups is 1. The Bertz CT molecular complexity index is 338. The van der Waals surface area contributed by atoms with Crippen LogP contribution in [0.1, 0.15) is 13.3 Å². The highest BCUT2D eigenvalue weighted by atomic mass is 79.9. The van der Waals surface area contributed by atoms with Crippen molar-refractivity contribution in [3.05, 3.63) is 28.7 Å². The molecule has 0 bridgehead atoms. The Morgan fingerprint density at radius 1 is 1.57 bits per heavy atom. The minimum Gasteiger partial charge on any atom is -0.329 e. The molecular formula is C11H14BrNS. The third kappa shape index (κ3) is 1.86. The van der Waals surface area contributed by atoms with Gasteiger partial charge in [-0.05, 0) is 40.4 Å². The topological polar surface area (TPSA) is 26.0 Å². The molecule has 0 radical (unpaired) electrons. The Hall–Kier alpha value is 0.01000. The maximum Gasteiger partial charge on any atom is 0.0358 e. The van der Waals surface area contributed by atoms with Gasteiger partial charge in [-0.25, -0.2) is 0 Å². The van der Waals surface area contributed by atoms with Crippen molar-refractivity contribution in [2.75, 3.05) is 6.54 Å². The Kier molecular flexibility index (Phi) is 2.91. The molecule has 1 saturated carbocycles. The molecule has 2 atom stereocenters. The van der Waals surface area contributed by atoms with E-state index in [1.165, 1.54) is 15.8 Å². The lowest BCUT2D eigenvalue weighted by Crippen LogP contribution is -2.20. The standard InChI is InChI=1S/C11H14BrNS/c1-8-6-11(8,7-13)14-10-5-3-2-4-9(10)12/h2-5,8H,6-7,13H2,1H3. The summed E-state index contributed by atoms with van der Waals surface area (Å²) in [7, 11) is 0. The van der Waals surface area contributed by atoms with Crippen LogP contribution in [0.25, 0.3) is 0 Å². The van der Waals surface area contributed by atoms with E-state index < -0.39 is 0 Å². The third-order valence-corrected chi connectivity index (χ3v) is 5.56. The maximum atomic E-state index is 5.82. The van der Waals surface area contributed by atoms with Crippen molar-refractivity contribution in [3.63, 3.8) is 0 Å². The summed E-state index contributed by atoms with van der Waals surface area (Å²) in [5.74, 6) is 0.754. The van der Waals surface area contributed by atoms with Gasteiger partial charge in [-0.15, -0.1) is 11.8 Å². The first kappa shape index (κ1) is 10.5. The van der Waals surface area contributed by atoms with Crippen LogP contribution in [-0.2, 0) is 0 Å². The van der Waals surface area contributed by atoms with Crippen LogP contribution < -0.4 is 5.73 Å². The molecule has 1 aliphatic rings. The number of hydrogen-bond acceptors (Lipinski definition) is 2. The summed E-state index contributed by atoms with van der Waals surface area (Å²) >= 11 is 5.48. The Morgan fingerprint density at radius 3 is 2.71 bits per heavy atom. The van der Waals surface area contributed by atoms with E-state index in [0.717, 1.165) is 12.5 Å². The van der Waals surface area contributed by atoms with Gasteiger partial charge in [0.25, 0.3) is 0 Å². The molecule has 2 unspecified atom stereocenters. The van der Waals surface area contributed by atoms with Gasteiger partial charge in [-0.3, -0.25) is 0 Å². The molecule has 76 valence electrons. The average molecular weight is 272 g/mol. The quantitative estimate of drug-likeness (QED) is 0.913. The van der Waals surface area contributed by atoms with Crippen molar-refractivity contribution in [2.24, 2.45) is 11.7 Å². The lowest BCUT2D eigenvalue weighted by molar-refractivity contribution is 0.806. The van der Waals surface area contributed by atoms with Gasteiger partial charge in [0.05, 0.1) is 0 Å². The number of rotatable bonds is 3. The van der Waals surface area contributed by atoms with E-state index in [-0.39, 0.29) is 0 Å². The second-order valence-corrected chi connectivity index (χ2v) is 6.22. The summed E-state index contributed by atoms with van der Waals surface area (Å²) in [6, 6.07) is 8.35. The highest BCUT2D eigenvalue weighted by Gasteiger charge is 2.50. The van der Waals surface area contributed by atoms with Crippen molar-refractivity contribution in [1.29, 1.82) is 0 Å². The summed E-state index contributed by atoms with van der Waals surface area (Å²) in [4.78, 5) is 1.31. The summed E-state index contributed by atoms with van der Waals surface area (Å²) in [5, 5.41) is 0. The van der Waals surface area contributed by atoms with E-state index in [1.54, 1.807) is 0 Å². The normalized spacial score (nSPS) is 30.4. The van der Waals surface area contributed by atoms with Crippen LogP contribution >= 0.6 is 27.7 Å². The first-order valence-corrected chi connectivity index (χ1v) is 6.42. The maximum absolute atomic E-state index is 5.82. The van der Waals surface area contributed by atoms with Gasteiger partial charge in [-0.1, -0.05) is 19.1 Å². The van der Waals surface area contributed by atoms with Crippen LogP contribution in [0.2, 0.25) is 0 Å². The number of halogens is 1. The molecule has 1 aliphatic carbocycles. The Morgan fingerprint density at radius 2 is 2.21 bits per heavy atom. The van der Waals surface area contributed by atoms with Crippen molar-refractivity contribution in [1.82, 2.24) is 0 Å². The minimum atomic E-state index is 0.309. The van der Waals surface area contributed by atoms with Gasteiger partial charge >= 0.3 is 0 Å². The third-order valence-electron chi connectivity index (χ3n) is 2.89. The molecule has 1 aromatic rings. The SMILES string of the molecule is CC1CC1(CN)Sc1ccccc1Br. The van der Waals surface area contributed by atoms with Crippen LogP contribution in [0.3, 0.4) is 0 Å². The van der Waals surface area contributed by atoms with Gasteiger partial charge in [0.15, 0.2) is 0 Å². The Labute approximate surface area is 97.6 Å². The van der Waals surface area contributed by atoms with Crippen LogP contribution in [-0.4, -0.2) is 11.3 Å². The van der Waals surface area contributed by atoms with Crippen LogP contribution in [0.4, 0.5) is 0 Å². The Balaban J connectivity index is 2.15. The molecule has 0 aromatic heterocycles. The predicted molar refractivity (Wildman–Crippen MR) is 65.6 cm³/mol. The van der Waals surface area contributed by atoms with Gasteiger partial charge in [0, 0.05) is 20.7 Å². The summed E-state index contributed by atoms with van der Waals surface area (Å²) in [6.07, 6.45) is 1.25. The molecule has 2 N–H and O–H groups in total. The van der Waals surface area contributed by atoms with Gasteiger partial charge in [0.1, 0.15) is 0 Å². The van der Waals surface area contributed by atoms with Crippen molar-refractivity contribution < 1.29 is 0 Å². The molecule has 1 fully saturated rings. The summed E-state index contributed by atoms with van der Waals surface area (Å²) in [5.41, 5.74) is 5.82. The van der Waals surface area contributed by atoms with E-state index in [4.69, 9.17) is 5.73 Å². The monoisotopic (exact) mass is 271 g/mol. The molecule has 0 heterocycles. The van der Waals surface area contributed by atoms with Crippen molar-refractivity contribution >= 4 is 27.7 Å². The fraction of sp³-hybridized carbons (Fsp3) is 0.455. The largest absolute Gasteiger partial charge is 0.329 e. The number of nitrogens with two attached hydrogens (primary N) is 1. The zero-order valence-electron chi connectivity index (χ0n) is 8.16. The molecule has 2 rings (SSSR count). The molecular weight excluding hydrogens is 258 g/mol. The zero-order valence-corrected chi connectivity index (χ0v) is 10.6.